The summed E-state index contributed by atoms with van der Waals surface area (Å²) in [6.45, 7) is 3.51. The van der Waals surface area contributed by atoms with Crippen LogP contribution in [0.4, 0.5) is 5.69 Å². The van der Waals surface area contributed by atoms with Crippen LogP contribution in [0.25, 0.3) is 39.0 Å². The molecule has 0 aromatic heterocycles. The van der Waals surface area contributed by atoms with Gasteiger partial charge < -0.3 is 45.1 Å². The van der Waals surface area contributed by atoms with Crippen LogP contribution in [0.15, 0.2) is 100 Å². The van der Waals surface area contributed by atoms with Crippen molar-refractivity contribution in [2.45, 2.75) is 71.9 Å². The molecule has 0 unspecified atom stereocenters. The van der Waals surface area contributed by atoms with E-state index in [0.29, 0.717) is 39.1 Å². The maximum atomic E-state index is 14.2. The van der Waals surface area contributed by atoms with Crippen LogP contribution in [-0.4, -0.2) is 76.3 Å². The van der Waals surface area contributed by atoms with Gasteiger partial charge in [-0.3, -0.25) is 14.4 Å². The van der Waals surface area contributed by atoms with Gasteiger partial charge in [0, 0.05) is 99.4 Å². The smallest absolute Gasteiger partial charge is 0.337 e. The molecule has 82 heavy (non-hydrogen) atoms. The van der Waals surface area contributed by atoms with E-state index in [1.165, 1.54) is 82.8 Å². The van der Waals surface area contributed by atoms with Gasteiger partial charge >= 0.3 is 17.9 Å². The Labute approximate surface area is 478 Å². The first kappa shape index (κ1) is 53.6. The highest BCUT2D eigenvalue weighted by Crippen LogP contribution is 2.51. The summed E-state index contributed by atoms with van der Waals surface area (Å²) in [6, 6.07) is 22.5. The van der Waals surface area contributed by atoms with E-state index in [1.54, 1.807) is 12.1 Å². The molecule has 0 saturated heterocycles. The lowest BCUT2D eigenvalue weighted by molar-refractivity contribution is 0.0682. The molecule has 0 bridgehead atoms. The van der Waals surface area contributed by atoms with E-state index >= 15 is 0 Å². The minimum Gasteiger partial charge on any atom is -0.507 e. The van der Waals surface area contributed by atoms with Gasteiger partial charge in [0.2, 0.25) is 5.36 Å². The molecule has 16 nitrogen and oxygen atoms in total. The molecular weight excluding hydrogens is 1090 g/mol. The number of anilines is 1. The van der Waals surface area contributed by atoms with E-state index in [4.69, 9.17) is 32.4 Å². The van der Waals surface area contributed by atoms with Gasteiger partial charge in [0.05, 0.1) is 50.0 Å². The Kier molecular flexibility index (Phi) is 13.6. The fraction of sp³-hybridized carbons (Fsp3) is 0.234. The number of amides is 2. The fourth-order valence-corrected chi connectivity index (χ4v) is 13.5. The molecule has 6 aliphatic heterocycles. The SMILES string of the molecule is C.O=C(O)c1ccc(-c2c3ccc(=O)cc-3oc3c(CNC(=O)c4ccc(CNC(=O)c5cc(Cl)c(C6=c7cc8c9c(c7Oc7c6cc6c%10c7CCCN%10CCC6)CCC[N+]=9CCC8)c(C(=O)O)c5Cl)cc4)c(O)ccc23)c(C(=O)O)c1. The van der Waals surface area contributed by atoms with Crippen molar-refractivity contribution < 1.29 is 53.6 Å². The Morgan fingerprint density at radius 1 is 0.646 bits per heavy atom. The van der Waals surface area contributed by atoms with Crippen LogP contribution in [-0.2, 0) is 38.8 Å². The van der Waals surface area contributed by atoms with Crippen LogP contribution in [0.1, 0.15) is 129 Å². The second kappa shape index (κ2) is 20.8. The van der Waals surface area contributed by atoms with Crippen LogP contribution >= 0.6 is 23.2 Å². The third kappa shape index (κ3) is 8.88. The van der Waals surface area contributed by atoms with Gasteiger partial charge in [-0.05, 0) is 122 Å². The highest BCUT2D eigenvalue weighted by molar-refractivity contribution is 6.40. The molecule has 414 valence electrons. The number of ether oxygens (including phenoxy) is 1. The quantitative estimate of drug-likeness (QED) is 0.0523. The van der Waals surface area contributed by atoms with Crippen molar-refractivity contribution in [3.05, 3.63) is 194 Å². The van der Waals surface area contributed by atoms with Crippen molar-refractivity contribution in [2.24, 2.45) is 0 Å². The maximum Gasteiger partial charge on any atom is 0.337 e. The van der Waals surface area contributed by atoms with Gasteiger partial charge in [-0.25, -0.2) is 19.0 Å². The Bertz CT molecular complexity index is 4320. The highest BCUT2D eigenvalue weighted by Gasteiger charge is 2.38. The molecular formula is C64H53Cl2N4O12+. The zero-order valence-electron chi connectivity index (χ0n) is 43.3. The summed E-state index contributed by atoms with van der Waals surface area (Å²) < 4.78 is 15.8. The molecule has 2 amide bonds. The lowest BCUT2D eigenvalue weighted by Gasteiger charge is -2.39. The third-order valence-corrected chi connectivity index (χ3v) is 17.1. The first-order valence-corrected chi connectivity index (χ1v) is 27.6. The number of aromatic carboxylic acids is 3. The molecule has 18 heteroatoms. The van der Waals surface area contributed by atoms with E-state index in [-0.39, 0.29) is 92.2 Å². The molecule has 0 atom stereocenters. The summed E-state index contributed by atoms with van der Waals surface area (Å²) in [5.41, 5.74) is 7.70. The summed E-state index contributed by atoms with van der Waals surface area (Å²) in [5.74, 6) is -4.09. The Morgan fingerprint density at radius 2 is 1.35 bits per heavy atom. The van der Waals surface area contributed by atoms with Crippen LogP contribution < -0.4 is 40.9 Å². The van der Waals surface area contributed by atoms with Gasteiger partial charge in [-0.2, -0.15) is 0 Å². The van der Waals surface area contributed by atoms with Crippen molar-refractivity contribution in [3.8, 4) is 39.7 Å². The summed E-state index contributed by atoms with van der Waals surface area (Å²) in [5, 5.41) is 49.8. The van der Waals surface area contributed by atoms with Gasteiger partial charge in [0.15, 0.2) is 5.43 Å². The second-order valence-electron chi connectivity index (χ2n) is 21.1. The van der Waals surface area contributed by atoms with Crippen LogP contribution in [0, 0.1) is 0 Å². The van der Waals surface area contributed by atoms with Gasteiger partial charge in [-0.1, -0.05) is 48.8 Å². The molecule has 1 aliphatic carbocycles. The third-order valence-electron chi connectivity index (χ3n) is 16.4. The minimum atomic E-state index is -1.40. The number of fused-ring (bicyclic) bond motifs is 6. The molecule has 7 aliphatic rings. The number of carbonyl (C=O) groups excluding carboxylic acids is 2. The number of halogens is 2. The number of nitrogens with zero attached hydrogens (tertiary/aromatic N) is 2. The molecule has 6 aromatic rings. The number of rotatable bonds is 11. The van der Waals surface area contributed by atoms with Crippen LogP contribution in [0.5, 0.6) is 17.2 Å². The van der Waals surface area contributed by atoms with E-state index in [1.807, 2.05) is 0 Å². The van der Waals surface area contributed by atoms with Crippen molar-refractivity contribution in [1.29, 1.82) is 0 Å². The average Bonchev–Trinajstić information content (AvgIpc) is 2.98. The summed E-state index contributed by atoms with van der Waals surface area (Å²) in [4.78, 5) is 80.9. The van der Waals surface area contributed by atoms with E-state index in [9.17, 15) is 49.2 Å². The predicted molar refractivity (Wildman–Crippen MR) is 309 cm³/mol. The number of carbonyl (C=O) groups is 5. The van der Waals surface area contributed by atoms with E-state index < -0.39 is 35.2 Å². The number of hydrogen-bond acceptors (Lipinski definition) is 10. The largest absolute Gasteiger partial charge is 0.507 e. The molecule has 13 rings (SSSR count). The first-order chi connectivity index (χ1) is 39.1. The topological polar surface area (TPSA) is 236 Å². The summed E-state index contributed by atoms with van der Waals surface area (Å²) in [6.07, 6.45) is 7.24. The number of nitrogens with one attached hydrogen (secondary N) is 2. The number of phenols is 1. The van der Waals surface area contributed by atoms with E-state index in [0.717, 1.165) is 106 Å². The van der Waals surface area contributed by atoms with Gasteiger partial charge in [-0.15, -0.1) is 0 Å². The zero-order chi connectivity index (χ0) is 56.1. The van der Waals surface area contributed by atoms with Crippen molar-refractivity contribution >= 4 is 75.2 Å². The molecule has 6 aromatic carbocycles. The molecule has 0 saturated carbocycles. The lowest BCUT2D eigenvalue weighted by Crippen LogP contribution is -2.45. The monoisotopic (exact) mass is 1140 g/mol. The molecule has 6 heterocycles. The number of carboxylic acid groups (broad SMARTS) is 3. The zero-order valence-corrected chi connectivity index (χ0v) is 44.8. The number of aryl methyl sites for hydroxylation is 2. The van der Waals surface area contributed by atoms with Crippen LogP contribution in [0.2, 0.25) is 10.0 Å². The van der Waals surface area contributed by atoms with Crippen molar-refractivity contribution in [3.63, 3.8) is 0 Å². The number of carboxylic acids is 3. The Morgan fingerprint density at radius 3 is 2.11 bits per heavy atom. The minimum absolute atomic E-state index is 0. The standard InChI is InChI=1S/C63H48Cl2N4O12.CH4/c64-46-27-44(53(65)52(63(78)79)51(46)50-42-23-32-5-1-19-68-21-3-7-39(54(32)68)57(42)81-58-40-8-4-22-69-20-2-6-33(55(40)69)24-43(50)58)60(73)66-28-30-9-11-31(12-10-30)59(72)67-29-45-47(71)18-17-38-49(37-16-14-35(70)26-48(37)80-56(38)45)36-15-13-34(61(74)75)25-41(36)62(76)77;/h9-18,23-27H,1-8,19-22,28-29H2,(H5-,66,67,70,71,72,73,74,75,76,77,78,79);1H4/p+1. The number of hydrogen-bond donors (Lipinski definition) is 6. The summed E-state index contributed by atoms with van der Waals surface area (Å²) >= 11 is 14.5. The van der Waals surface area contributed by atoms with E-state index in [2.05, 4.69) is 32.2 Å². The second-order valence-corrected chi connectivity index (χ2v) is 21.9. The predicted octanol–water partition coefficient (Wildman–Crippen LogP) is 9.60. The maximum absolute atomic E-state index is 14.2. The summed E-state index contributed by atoms with van der Waals surface area (Å²) in [7, 11) is 0. The number of aromatic hydroxyl groups is 1. The van der Waals surface area contributed by atoms with Crippen LogP contribution in [0.3, 0.4) is 0 Å². The number of benzene rings is 7. The lowest BCUT2D eigenvalue weighted by atomic mass is 9.81. The first-order valence-electron chi connectivity index (χ1n) is 26.8. The number of phenolic OH excluding ortho intramolecular Hbond substituents is 1. The van der Waals surface area contributed by atoms with Crippen molar-refractivity contribution in [1.82, 2.24) is 15.2 Å². The van der Waals surface area contributed by atoms with Gasteiger partial charge in [0.1, 0.15) is 41.7 Å². The highest BCUT2D eigenvalue weighted by atomic mass is 35.5. The normalized spacial score (nSPS) is 14.6. The molecule has 6 N–H and O–H groups in total. The van der Waals surface area contributed by atoms with Gasteiger partial charge in [0.25, 0.3) is 11.8 Å². The fourth-order valence-electron chi connectivity index (χ4n) is 12.9. The molecule has 0 fully saturated rings. The molecule has 0 spiro atoms. The Hall–Kier alpha value is -8.99. The van der Waals surface area contributed by atoms with Crippen molar-refractivity contribution in [2.75, 3.05) is 31.1 Å². The molecule has 0 radical (unpaired) electrons. The average molecular weight is 1140 g/mol. The Balaban J connectivity index is 0.00000665.